The SMILES string of the molecule is CCNC(COCCOC)c1occc1Br. The summed E-state index contributed by atoms with van der Waals surface area (Å²) in [7, 11) is 1.66. The first-order valence-electron chi connectivity index (χ1n) is 5.32. The molecule has 0 bridgehead atoms. The largest absolute Gasteiger partial charge is 0.466 e. The summed E-state index contributed by atoms with van der Waals surface area (Å²) in [4.78, 5) is 0. The van der Waals surface area contributed by atoms with Gasteiger partial charge in [-0.05, 0) is 28.5 Å². The minimum atomic E-state index is 0.0752. The van der Waals surface area contributed by atoms with Gasteiger partial charge in [0.25, 0.3) is 0 Å². The van der Waals surface area contributed by atoms with Crippen molar-refractivity contribution in [2.45, 2.75) is 13.0 Å². The molecule has 0 saturated carbocycles. The molecule has 0 saturated heterocycles. The maximum absolute atomic E-state index is 5.50. The Hall–Kier alpha value is -0.360. The Morgan fingerprint density at radius 3 is 2.88 bits per heavy atom. The van der Waals surface area contributed by atoms with Crippen LogP contribution in [0.3, 0.4) is 0 Å². The van der Waals surface area contributed by atoms with E-state index in [9.17, 15) is 0 Å². The van der Waals surface area contributed by atoms with Crippen molar-refractivity contribution in [3.8, 4) is 0 Å². The molecule has 4 nitrogen and oxygen atoms in total. The molecule has 1 heterocycles. The van der Waals surface area contributed by atoms with E-state index >= 15 is 0 Å². The molecule has 0 amide bonds. The summed E-state index contributed by atoms with van der Waals surface area (Å²) < 4.78 is 16.8. The summed E-state index contributed by atoms with van der Waals surface area (Å²) in [5, 5.41) is 3.31. The molecule has 92 valence electrons. The van der Waals surface area contributed by atoms with Gasteiger partial charge in [-0.3, -0.25) is 0 Å². The first-order valence-corrected chi connectivity index (χ1v) is 6.11. The number of ether oxygens (including phenoxy) is 2. The number of likely N-dealkylation sites (N-methyl/N-ethyl adjacent to an activating group) is 1. The van der Waals surface area contributed by atoms with Crippen molar-refractivity contribution in [1.82, 2.24) is 5.32 Å². The van der Waals surface area contributed by atoms with Gasteiger partial charge in [-0.1, -0.05) is 6.92 Å². The summed E-state index contributed by atoms with van der Waals surface area (Å²) in [6.45, 7) is 4.70. The number of rotatable bonds is 8. The Balaban J connectivity index is 2.45. The van der Waals surface area contributed by atoms with Crippen LogP contribution in [0, 0.1) is 0 Å². The van der Waals surface area contributed by atoms with E-state index in [0.29, 0.717) is 19.8 Å². The van der Waals surface area contributed by atoms with E-state index in [4.69, 9.17) is 13.9 Å². The smallest absolute Gasteiger partial charge is 0.137 e. The van der Waals surface area contributed by atoms with E-state index in [0.717, 1.165) is 16.8 Å². The summed E-state index contributed by atoms with van der Waals surface area (Å²) in [6.07, 6.45) is 1.67. The van der Waals surface area contributed by atoms with Gasteiger partial charge in [-0.2, -0.15) is 0 Å². The van der Waals surface area contributed by atoms with Crippen LogP contribution >= 0.6 is 15.9 Å². The minimum absolute atomic E-state index is 0.0752. The zero-order valence-electron chi connectivity index (χ0n) is 9.66. The van der Waals surface area contributed by atoms with Gasteiger partial charge < -0.3 is 19.2 Å². The number of hydrogen-bond acceptors (Lipinski definition) is 4. The van der Waals surface area contributed by atoms with Gasteiger partial charge in [0.05, 0.1) is 36.6 Å². The van der Waals surface area contributed by atoms with E-state index in [-0.39, 0.29) is 6.04 Å². The highest BCUT2D eigenvalue weighted by atomic mass is 79.9. The second-order valence-electron chi connectivity index (χ2n) is 3.31. The van der Waals surface area contributed by atoms with Gasteiger partial charge in [-0.25, -0.2) is 0 Å². The highest BCUT2D eigenvalue weighted by Crippen LogP contribution is 2.24. The molecule has 0 spiro atoms. The second-order valence-corrected chi connectivity index (χ2v) is 4.17. The summed E-state index contributed by atoms with van der Waals surface area (Å²) in [6, 6.07) is 1.96. The molecule has 0 radical (unpaired) electrons. The second kappa shape index (κ2) is 7.84. The fraction of sp³-hybridized carbons (Fsp3) is 0.636. The lowest BCUT2D eigenvalue weighted by Crippen LogP contribution is -2.25. The summed E-state index contributed by atoms with van der Waals surface area (Å²) >= 11 is 3.45. The van der Waals surface area contributed by atoms with Crippen LogP contribution in [0.25, 0.3) is 0 Å². The van der Waals surface area contributed by atoms with Crippen molar-refractivity contribution in [2.75, 3.05) is 33.5 Å². The lowest BCUT2D eigenvalue weighted by Gasteiger charge is -2.16. The van der Waals surface area contributed by atoms with Crippen LogP contribution in [-0.4, -0.2) is 33.5 Å². The fourth-order valence-corrected chi connectivity index (χ4v) is 1.85. The third kappa shape index (κ3) is 4.25. The van der Waals surface area contributed by atoms with Crippen LogP contribution in [-0.2, 0) is 9.47 Å². The molecular weight excluding hydrogens is 274 g/mol. The zero-order valence-corrected chi connectivity index (χ0v) is 11.2. The minimum Gasteiger partial charge on any atom is -0.466 e. The Bertz CT molecular complexity index is 291. The average molecular weight is 292 g/mol. The maximum Gasteiger partial charge on any atom is 0.137 e. The molecule has 0 aromatic carbocycles. The summed E-state index contributed by atoms with van der Waals surface area (Å²) in [5.41, 5.74) is 0. The Morgan fingerprint density at radius 1 is 1.50 bits per heavy atom. The number of nitrogens with one attached hydrogen (secondary N) is 1. The van der Waals surface area contributed by atoms with Crippen LogP contribution < -0.4 is 5.32 Å². The van der Waals surface area contributed by atoms with Crippen molar-refractivity contribution >= 4 is 15.9 Å². The standard InChI is InChI=1S/C11H18BrNO3/c1-3-13-10(8-15-7-6-14-2)11-9(12)4-5-16-11/h4-5,10,13H,3,6-8H2,1-2H3. The molecule has 1 atom stereocenters. The van der Waals surface area contributed by atoms with Gasteiger partial charge in [0.2, 0.25) is 0 Å². The number of hydrogen-bond donors (Lipinski definition) is 1. The van der Waals surface area contributed by atoms with Crippen molar-refractivity contribution in [2.24, 2.45) is 0 Å². The van der Waals surface area contributed by atoms with Crippen molar-refractivity contribution in [3.05, 3.63) is 22.6 Å². The molecule has 5 heteroatoms. The Labute approximate surface area is 104 Å². The van der Waals surface area contributed by atoms with Crippen molar-refractivity contribution < 1.29 is 13.9 Å². The van der Waals surface area contributed by atoms with Crippen LogP contribution in [0.2, 0.25) is 0 Å². The first-order chi connectivity index (χ1) is 7.79. The fourth-order valence-electron chi connectivity index (χ4n) is 1.37. The third-order valence-electron chi connectivity index (χ3n) is 2.13. The normalized spacial score (nSPS) is 12.9. The molecule has 1 N–H and O–H groups in total. The number of methoxy groups -OCH3 is 1. The van der Waals surface area contributed by atoms with Crippen LogP contribution in [0.15, 0.2) is 21.2 Å². The van der Waals surface area contributed by atoms with Crippen molar-refractivity contribution in [3.63, 3.8) is 0 Å². The maximum atomic E-state index is 5.50. The molecule has 1 aromatic rings. The average Bonchev–Trinajstić information content (AvgIpc) is 2.69. The molecule has 1 aromatic heterocycles. The van der Waals surface area contributed by atoms with Gasteiger partial charge in [0.15, 0.2) is 0 Å². The lowest BCUT2D eigenvalue weighted by atomic mass is 10.2. The molecule has 0 aliphatic rings. The van der Waals surface area contributed by atoms with E-state index in [1.165, 1.54) is 0 Å². The highest BCUT2D eigenvalue weighted by molar-refractivity contribution is 9.10. The van der Waals surface area contributed by atoms with Crippen molar-refractivity contribution in [1.29, 1.82) is 0 Å². The predicted octanol–water partition coefficient (Wildman–Crippen LogP) is 2.36. The quantitative estimate of drug-likeness (QED) is 0.747. The van der Waals surface area contributed by atoms with Crippen LogP contribution in [0.1, 0.15) is 18.7 Å². The lowest BCUT2D eigenvalue weighted by molar-refractivity contribution is 0.0556. The van der Waals surface area contributed by atoms with Gasteiger partial charge >= 0.3 is 0 Å². The third-order valence-corrected chi connectivity index (χ3v) is 2.78. The van der Waals surface area contributed by atoms with Crippen LogP contribution in [0.4, 0.5) is 0 Å². The molecule has 16 heavy (non-hydrogen) atoms. The van der Waals surface area contributed by atoms with Gasteiger partial charge in [0, 0.05) is 7.11 Å². The van der Waals surface area contributed by atoms with E-state index in [1.54, 1.807) is 13.4 Å². The summed E-state index contributed by atoms with van der Waals surface area (Å²) in [5.74, 6) is 0.874. The van der Waals surface area contributed by atoms with Crippen LogP contribution in [0.5, 0.6) is 0 Å². The highest BCUT2D eigenvalue weighted by Gasteiger charge is 2.16. The number of furan rings is 1. The number of halogens is 1. The molecular formula is C11H18BrNO3. The monoisotopic (exact) mass is 291 g/mol. The molecule has 0 aliphatic heterocycles. The molecule has 1 unspecified atom stereocenters. The predicted molar refractivity (Wildman–Crippen MR) is 65.5 cm³/mol. The Kier molecular flexibility index (Phi) is 6.71. The molecule has 1 rings (SSSR count). The van der Waals surface area contributed by atoms with Gasteiger partial charge in [0.1, 0.15) is 5.76 Å². The van der Waals surface area contributed by atoms with E-state index < -0.39 is 0 Å². The topological polar surface area (TPSA) is 43.6 Å². The molecule has 0 fully saturated rings. The van der Waals surface area contributed by atoms with Gasteiger partial charge in [-0.15, -0.1) is 0 Å². The molecule has 0 aliphatic carbocycles. The van der Waals surface area contributed by atoms with E-state index in [1.807, 2.05) is 6.07 Å². The first kappa shape index (κ1) is 13.7. The Morgan fingerprint density at radius 2 is 2.31 bits per heavy atom. The van der Waals surface area contributed by atoms with E-state index in [2.05, 4.69) is 28.2 Å². The zero-order chi connectivity index (χ0) is 11.8.